The van der Waals surface area contributed by atoms with Crippen molar-refractivity contribution in [1.29, 1.82) is 0 Å². The third-order valence-corrected chi connectivity index (χ3v) is 2.47. The molecule has 1 rings (SSSR count). The maximum absolute atomic E-state index is 11.0. The number of carbonyl (C=O) groups excluding carboxylic acids is 1. The summed E-state index contributed by atoms with van der Waals surface area (Å²) < 4.78 is 5.54. The lowest BCUT2D eigenvalue weighted by molar-refractivity contribution is -0.120. The van der Waals surface area contributed by atoms with Gasteiger partial charge in [-0.3, -0.25) is 4.79 Å². The minimum absolute atomic E-state index is 0.0138. The lowest BCUT2D eigenvalue weighted by Crippen LogP contribution is -2.18. The molecule has 2 N–H and O–H groups in total. The SMILES string of the molecule is CNC(=O)CCCOc1ccc(C)cc1CO. The summed E-state index contributed by atoms with van der Waals surface area (Å²) in [5.74, 6) is 0.704. The van der Waals surface area contributed by atoms with Crippen molar-refractivity contribution < 1.29 is 14.6 Å². The number of amides is 1. The number of rotatable bonds is 6. The molecule has 94 valence electrons. The molecule has 1 aromatic carbocycles. The maximum atomic E-state index is 11.0. The first kappa shape index (κ1) is 13.5. The molecule has 0 fully saturated rings. The Bertz CT molecular complexity index is 377. The zero-order valence-corrected chi connectivity index (χ0v) is 10.3. The fourth-order valence-corrected chi connectivity index (χ4v) is 1.51. The van der Waals surface area contributed by atoms with Gasteiger partial charge >= 0.3 is 0 Å². The molecule has 0 aliphatic carbocycles. The second-order valence-corrected chi connectivity index (χ2v) is 3.89. The molecule has 17 heavy (non-hydrogen) atoms. The fourth-order valence-electron chi connectivity index (χ4n) is 1.51. The highest BCUT2D eigenvalue weighted by atomic mass is 16.5. The first-order valence-electron chi connectivity index (χ1n) is 5.71. The van der Waals surface area contributed by atoms with Crippen molar-refractivity contribution in [3.63, 3.8) is 0 Å². The monoisotopic (exact) mass is 237 g/mol. The van der Waals surface area contributed by atoms with Gasteiger partial charge in [-0.05, 0) is 19.4 Å². The van der Waals surface area contributed by atoms with Gasteiger partial charge in [0.25, 0.3) is 0 Å². The smallest absolute Gasteiger partial charge is 0.219 e. The van der Waals surface area contributed by atoms with Crippen LogP contribution in [0, 0.1) is 6.92 Å². The number of aryl methyl sites for hydroxylation is 1. The van der Waals surface area contributed by atoms with Crippen LogP contribution in [-0.4, -0.2) is 24.7 Å². The Morgan fingerprint density at radius 2 is 2.24 bits per heavy atom. The van der Waals surface area contributed by atoms with E-state index in [0.717, 1.165) is 11.1 Å². The third kappa shape index (κ3) is 4.44. The number of benzene rings is 1. The highest BCUT2D eigenvalue weighted by Gasteiger charge is 2.03. The second-order valence-electron chi connectivity index (χ2n) is 3.89. The second kappa shape index (κ2) is 6.91. The lowest BCUT2D eigenvalue weighted by Gasteiger charge is -2.10. The van der Waals surface area contributed by atoms with Gasteiger partial charge in [-0.1, -0.05) is 17.7 Å². The summed E-state index contributed by atoms with van der Waals surface area (Å²) in [6, 6.07) is 5.68. The molecule has 4 heteroatoms. The van der Waals surface area contributed by atoms with Gasteiger partial charge < -0.3 is 15.2 Å². The van der Waals surface area contributed by atoms with Crippen LogP contribution in [0.2, 0.25) is 0 Å². The largest absolute Gasteiger partial charge is 0.493 e. The average Bonchev–Trinajstić information content (AvgIpc) is 2.35. The Kier molecular flexibility index (Phi) is 5.49. The third-order valence-electron chi connectivity index (χ3n) is 2.47. The van der Waals surface area contributed by atoms with E-state index in [1.807, 2.05) is 25.1 Å². The van der Waals surface area contributed by atoms with Crippen LogP contribution in [0.1, 0.15) is 24.0 Å². The van der Waals surface area contributed by atoms with Crippen molar-refractivity contribution in [2.45, 2.75) is 26.4 Å². The van der Waals surface area contributed by atoms with E-state index in [-0.39, 0.29) is 12.5 Å². The molecule has 1 aromatic rings. The Morgan fingerprint density at radius 3 is 2.88 bits per heavy atom. The molecule has 4 nitrogen and oxygen atoms in total. The van der Waals surface area contributed by atoms with E-state index in [2.05, 4.69) is 5.32 Å². The van der Waals surface area contributed by atoms with Gasteiger partial charge in [0.05, 0.1) is 13.2 Å². The minimum Gasteiger partial charge on any atom is -0.493 e. The van der Waals surface area contributed by atoms with Gasteiger partial charge in [0.1, 0.15) is 5.75 Å². The molecular weight excluding hydrogens is 218 g/mol. The lowest BCUT2D eigenvalue weighted by atomic mass is 10.1. The van der Waals surface area contributed by atoms with Crippen molar-refractivity contribution in [3.05, 3.63) is 29.3 Å². The van der Waals surface area contributed by atoms with Crippen molar-refractivity contribution >= 4 is 5.91 Å². The van der Waals surface area contributed by atoms with Gasteiger partial charge in [0.15, 0.2) is 0 Å². The number of aliphatic hydroxyl groups is 1. The van der Waals surface area contributed by atoms with Crippen molar-refractivity contribution in [1.82, 2.24) is 5.32 Å². The molecule has 0 bridgehead atoms. The normalized spacial score (nSPS) is 10.1. The van der Waals surface area contributed by atoms with Crippen LogP contribution in [0.5, 0.6) is 5.75 Å². The van der Waals surface area contributed by atoms with Crippen LogP contribution in [0.3, 0.4) is 0 Å². The van der Waals surface area contributed by atoms with Gasteiger partial charge in [-0.25, -0.2) is 0 Å². The summed E-state index contributed by atoms with van der Waals surface area (Å²) in [4.78, 5) is 11.0. The molecule has 0 spiro atoms. The Morgan fingerprint density at radius 1 is 1.47 bits per heavy atom. The summed E-state index contributed by atoms with van der Waals surface area (Å²) >= 11 is 0. The quantitative estimate of drug-likeness (QED) is 0.735. The van der Waals surface area contributed by atoms with Crippen LogP contribution < -0.4 is 10.1 Å². The standard InChI is InChI=1S/C13H19NO3/c1-10-5-6-12(11(8-10)9-15)17-7-3-4-13(16)14-2/h5-6,8,15H,3-4,7,9H2,1-2H3,(H,14,16). The van der Waals surface area contributed by atoms with E-state index < -0.39 is 0 Å². The van der Waals surface area contributed by atoms with E-state index in [0.29, 0.717) is 25.2 Å². The van der Waals surface area contributed by atoms with E-state index >= 15 is 0 Å². The molecule has 0 aromatic heterocycles. The molecule has 1 amide bonds. The number of carbonyl (C=O) groups is 1. The molecule has 0 radical (unpaired) electrons. The minimum atomic E-state index is -0.0353. The fraction of sp³-hybridized carbons (Fsp3) is 0.462. The first-order valence-corrected chi connectivity index (χ1v) is 5.71. The molecule has 0 saturated carbocycles. The number of nitrogens with one attached hydrogen (secondary N) is 1. The van der Waals surface area contributed by atoms with Crippen LogP contribution in [-0.2, 0) is 11.4 Å². The molecule has 0 aliphatic heterocycles. The van der Waals surface area contributed by atoms with E-state index in [4.69, 9.17) is 4.74 Å². The van der Waals surface area contributed by atoms with E-state index in [1.54, 1.807) is 7.05 Å². The summed E-state index contributed by atoms with van der Waals surface area (Å²) in [5, 5.41) is 11.7. The zero-order valence-electron chi connectivity index (χ0n) is 10.3. The molecule has 0 saturated heterocycles. The predicted molar refractivity (Wildman–Crippen MR) is 65.9 cm³/mol. The molecule has 0 atom stereocenters. The number of hydrogen-bond acceptors (Lipinski definition) is 3. The Balaban J connectivity index is 2.43. The zero-order chi connectivity index (χ0) is 12.7. The van der Waals surface area contributed by atoms with Crippen LogP contribution in [0.4, 0.5) is 0 Å². The molecular formula is C13H19NO3. The topological polar surface area (TPSA) is 58.6 Å². The Hall–Kier alpha value is -1.55. The number of ether oxygens (including phenoxy) is 1. The van der Waals surface area contributed by atoms with Crippen LogP contribution >= 0.6 is 0 Å². The predicted octanol–water partition coefficient (Wildman–Crippen LogP) is 1.39. The van der Waals surface area contributed by atoms with Crippen LogP contribution in [0.25, 0.3) is 0 Å². The van der Waals surface area contributed by atoms with Crippen molar-refractivity contribution in [2.24, 2.45) is 0 Å². The number of hydrogen-bond donors (Lipinski definition) is 2. The number of aliphatic hydroxyl groups excluding tert-OH is 1. The summed E-state index contributed by atoms with van der Waals surface area (Å²) in [7, 11) is 1.62. The summed E-state index contributed by atoms with van der Waals surface area (Å²) in [6.45, 7) is 2.41. The van der Waals surface area contributed by atoms with Gasteiger partial charge in [0, 0.05) is 19.0 Å². The summed E-state index contributed by atoms with van der Waals surface area (Å²) in [6.07, 6.45) is 1.12. The van der Waals surface area contributed by atoms with Gasteiger partial charge in [-0.2, -0.15) is 0 Å². The molecule has 0 aliphatic rings. The maximum Gasteiger partial charge on any atom is 0.219 e. The first-order chi connectivity index (χ1) is 8.17. The molecule has 0 unspecified atom stereocenters. The highest BCUT2D eigenvalue weighted by Crippen LogP contribution is 2.20. The van der Waals surface area contributed by atoms with Crippen molar-refractivity contribution in [2.75, 3.05) is 13.7 Å². The van der Waals surface area contributed by atoms with E-state index in [9.17, 15) is 9.90 Å². The Labute approximate surface area is 102 Å². The van der Waals surface area contributed by atoms with Crippen molar-refractivity contribution in [3.8, 4) is 5.75 Å². The van der Waals surface area contributed by atoms with Gasteiger partial charge in [-0.15, -0.1) is 0 Å². The average molecular weight is 237 g/mol. The van der Waals surface area contributed by atoms with Crippen LogP contribution in [0.15, 0.2) is 18.2 Å². The van der Waals surface area contributed by atoms with E-state index in [1.165, 1.54) is 0 Å². The van der Waals surface area contributed by atoms with Gasteiger partial charge in [0.2, 0.25) is 5.91 Å². The summed E-state index contributed by atoms with van der Waals surface area (Å²) in [5.41, 5.74) is 1.87. The highest BCUT2D eigenvalue weighted by molar-refractivity contribution is 5.75. The molecule has 0 heterocycles.